The summed E-state index contributed by atoms with van der Waals surface area (Å²) in [6.07, 6.45) is 0. The van der Waals surface area contributed by atoms with Crippen LogP contribution in [0.5, 0.6) is 0 Å². The third kappa shape index (κ3) is 5.55. The molecule has 0 radical (unpaired) electrons. The molecule has 0 bridgehead atoms. The molecule has 2 amide bonds. The molecule has 0 spiro atoms. The second-order valence-corrected chi connectivity index (χ2v) is 4.49. The average molecular weight is 273 g/mol. The molecule has 4 N–H and O–H groups in total. The number of rotatable bonds is 4. The van der Waals surface area contributed by atoms with Gasteiger partial charge in [0.15, 0.2) is 0 Å². The molecule has 0 atom stereocenters. The van der Waals surface area contributed by atoms with E-state index in [1.54, 1.807) is 24.3 Å². The second kappa shape index (κ2) is 7.97. The summed E-state index contributed by atoms with van der Waals surface area (Å²) >= 11 is 0. The van der Waals surface area contributed by atoms with Crippen LogP contribution in [-0.2, 0) is 4.79 Å². The van der Waals surface area contributed by atoms with Gasteiger partial charge in [0.2, 0.25) is 5.91 Å². The molecule has 1 aromatic carbocycles. The van der Waals surface area contributed by atoms with Crippen LogP contribution >= 0.6 is 0 Å². The molecule has 0 saturated carbocycles. The molecular formula is C15H19N3O2. The maximum Gasteiger partial charge on any atom is 0.251 e. The van der Waals surface area contributed by atoms with Crippen molar-refractivity contribution in [1.82, 2.24) is 10.6 Å². The summed E-state index contributed by atoms with van der Waals surface area (Å²) in [7, 11) is 0. The molecule has 0 saturated heterocycles. The smallest absolute Gasteiger partial charge is 0.251 e. The topological polar surface area (TPSA) is 84.2 Å². The van der Waals surface area contributed by atoms with Gasteiger partial charge in [0.25, 0.3) is 5.91 Å². The summed E-state index contributed by atoms with van der Waals surface area (Å²) in [5.41, 5.74) is 6.56. The molecule has 5 nitrogen and oxygen atoms in total. The first-order valence-electron chi connectivity index (χ1n) is 6.39. The summed E-state index contributed by atoms with van der Waals surface area (Å²) in [5.74, 6) is 5.11. The number of amides is 2. The van der Waals surface area contributed by atoms with Gasteiger partial charge in [0, 0.05) is 17.2 Å². The fourth-order valence-corrected chi connectivity index (χ4v) is 1.49. The lowest BCUT2D eigenvalue weighted by Crippen LogP contribution is -2.39. The number of hydrogen-bond acceptors (Lipinski definition) is 3. The van der Waals surface area contributed by atoms with Crippen molar-refractivity contribution in [1.29, 1.82) is 0 Å². The van der Waals surface area contributed by atoms with Gasteiger partial charge in [-0.2, -0.15) is 0 Å². The lowest BCUT2D eigenvalue weighted by atomic mass is 10.1. The molecule has 0 heterocycles. The Kier molecular flexibility index (Phi) is 6.27. The highest BCUT2D eigenvalue weighted by Crippen LogP contribution is 2.03. The molecule has 0 aliphatic heterocycles. The minimum Gasteiger partial charge on any atom is -0.352 e. The average Bonchev–Trinajstić information content (AvgIpc) is 2.42. The van der Waals surface area contributed by atoms with E-state index in [1.807, 2.05) is 13.8 Å². The van der Waals surface area contributed by atoms with Crippen molar-refractivity contribution in [2.45, 2.75) is 19.9 Å². The van der Waals surface area contributed by atoms with Crippen LogP contribution in [0, 0.1) is 11.8 Å². The molecule has 1 rings (SSSR count). The standard InChI is InChI=1S/C15H19N3O2/c1-11(2)18-14(19)10-17-15(20)13-7-5-12(6-8-13)4-3-9-16/h5-8,11H,9-10,16H2,1-2H3,(H,17,20)(H,18,19). The Morgan fingerprint density at radius 3 is 2.45 bits per heavy atom. The van der Waals surface area contributed by atoms with Gasteiger partial charge in [-0.1, -0.05) is 11.8 Å². The van der Waals surface area contributed by atoms with Crippen molar-refractivity contribution < 1.29 is 9.59 Å². The van der Waals surface area contributed by atoms with Crippen molar-refractivity contribution >= 4 is 11.8 Å². The number of nitrogens with one attached hydrogen (secondary N) is 2. The molecule has 1 aromatic rings. The van der Waals surface area contributed by atoms with Crippen LogP contribution in [0.15, 0.2) is 24.3 Å². The maximum atomic E-state index is 11.8. The zero-order valence-electron chi connectivity index (χ0n) is 11.7. The molecule has 0 unspecified atom stereocenters. The maximum absolute atomic E-state index is 11.8. The SMILES string of the molecule is CC(C)NC(=O)CNC(=O)c1ccc(C#CCN)cc1. The Labute approximate surface area is 118 Å². The minimum absolute atomic E-state index is 0.0360. The van der Waals surface area contributed by atoms with Crippen LogP contribution in [0.4, 0.5) is 0 Å². The number of carbonyl (C=O) groups excluding carboxylic acids is 2. The third-order valence-electron chi connectivity index (χ3n) is 2.34. The molecular weight excluding hydrogens is 254 g/mol. The van der Waals surface area contributed by atoms with E-state index < -0.39 is 0 Å². The fourth-order valence-electron chi connectivity index (χ4n) is 1.49. The van der Waals surface area contributed by atoms with Crippen molar-refractivity contribution in [2.24, 2.45) is 5.73 Å². The van der Waals surface area contributed by atoms with Crippen LogP contribution in [0.2, 0.25) is 0 Å². The molecule has 5 heteroatoms. The van der Waals surface area contributed by atoms with Gasteiger partial charge in [0.05, 0.1) is 13.1 Å². The summed E-state index contributed by atoms with van der Waals surface area (Å²) < 4.78 is 0. The van der Waals surface area contributed by atoms with Crippen molar-refractivity contribution in [3.63, 3.8) is 0 Å². The zero-order valence-corrected chi connectivity index (χ0v) is 11.7. The van der Waals surface area contributed by atoms with Gasteiger partial charge in [-0.3, -0.25) is 9.59 Å². The Morgan fingerprint density at radius 2 is 1.90 bits per heavy atom. The Bertz CT molecular complexity index is 524. The monoisotopic (exact) mass is 273 g/mol. The lowest BCUT2D eigenvalue weighted by molar-refractivity contribution is -0.120. The van der Waals surface area contributed by atoms with Crippen molar-refractivity contribution in [3.8, 4) is 11.8 Å². The molecule has 0 aliphatic rings. The van der Waals surface area contributed by atoms with Gasteiger partial charge < -0.3 is 16.4 Å². The highest BCUT2D eigenvalue weighted by atomic mass is 16.2. The quantitative estimate of drug-likeness (QED) is 0.688. The van der Waals surface area contributed by atoms with E-state index >= 15 is 0 Å². The van der Waals surface area contributed by atoms with Gasteiger partial charge in [-0.15, -0.1) is 0 Å². The highest BCUT2D eigenvalue weighted by molar-refractivity contribution is 5.96. The number of hydrogen-bond donors (Lipinski definition) is 3. The van der Waals surface area contributed by atoms with E-state index in [0.29, 0.717) is 12.1 Å². The molecule has 0 aromatic heterocycles. The lowest BCUT2D eigenvalue weighted by Gasteiger charge is -2.09. The van der Waals surface area contributed by atoms with E-state index in [0.717, 1.165) is 5.56 Å². The second-order valence-electron chi connectivity index (χ2n) is 4.49. The van der Waals surface area contributed by atoms with E-state index in [2.05, 4.69) is 22.5 Å². The third-order valence-corrected chi connectivity index (χ3v) is 2.34. The molecule has 0 aliphatic carbocycles. The van der Waals surface area contributed by atoms with Gasteiger partial charge in [-0.05, 0) is 38.1 Å². The van der Waals surface area contributed by atoms with Crippen molar-refractivity contribution in [2.75, 3.05) is 13.1 Å². The van der Waals surface area contributed by atoms with Crippen LogP contribution < -0.4 is 16.4 Å². The summed E-state index contributed by atoms with van der Waals surface area (Å²) in [6, 6.07) is 6.86. The predicted molar refractivity (Wildman–Crippen MR) is 78.0 cm³/mol. The summed E-state index contributed by atoms with van der Waals surface area (Å²) in [4.78, 5) is 23.2. The number of carbonyl (C=O) groups is 2. The number of benzene rings is 1. The highest BCUT2D eigenvalue weighted by Gasteiger charge is 2.08. The van der Waals surface area contributed by atoms with E-state index in [1.165, 1.54) is 0 Å². The van der Waals surface area contributed by atoms with Crippen LogP contribution in [0.3, 0.4) is 0 Å². The normalized spacial score (nSPS) is 9.60. The predicted octanol–water partition coefficient (Wildman–Crippen LogP) is 0.251. The Hall–Kier alpha value is -2.32. The van der Waals surface area contributed by atoms with E-state index in [4.69, 9.17) is 5.73 Å². The van der Waals surface area contributed by atoms with Gasteiger partial charge in [0.1, 0.15) is 0 Å². The number of nitrogens with two attached hydrogens (primary N) is 1. The summed E-state index contributed by atoms with van der Waals surface area (Å²) in [6.45, 7) is 3.99. The van der Waals surface area contributed by atoms with Crippen molar-refractivity contribution in [3.05, 3.63) is 35.4 Å². The zero-order chi connectivity index (χ0) is 15.0. The molecule has 0 fully saturated rings. The van der Waals surface area contributed by atoms with Gasteiger partial charge in [-0.25, -0.2) is 0 Å². The minimum atomic E-state index is -0.290. The first-order chi connectivity index (χ1) is 9.52. The fraction of sp³-hybridized carbons (Fsp3) is 0.333. The van der Waals surface area contributed by atoms with E-state index in [-0.39, 0.29) is 24.4 Å². The largest absolute Gasteiger partial charge is 0.352 e. The molecule has 106 valence electrons. The van der Waals surface area contributed by atoms with Crippen LogP contribution in [0.1, 0.15) is 29.8 Å². The first-order valence-corrected chi connectivity index (χ1v) is 6.39. The Balaban J connectivity index is 2.53. The van der Waals surface area contributed by atoms with E-state index in [9.17, 15) is 9.59 Å². The van der Waals surface area contributed by atoms with Gasteiger partial charge >= 0.3 is 0 Å². The van der Waals surface area contributed by atoms with Crippen LogP contribution in [0.25, 0.3) is 0 Å². The van der Waals surface area contributed by atoms with Crippen LogP contribution in [-0.4, -0.2) is 30.9 Å². The summed E-state index contributed by atoms with van der Waals surface area (Å²) in [5, 5.41) is 5.26. The first kappa shape index (κ1) is 15.7. The Morgan fingerprint density at radius 1 is 1.25 bits per heavy atom. The molecule has 20 heavy (non-hydrogen) atoms.